The van der Waals surface area contributed by atoms with E-state index in [0.717, 1.165) is 65.3 Å². The van der Waals surface area contributed by atoms with Gasteiger partial charge in [0.05, 0.1) is 19.3 Å². The zero-order valence-electron chi connectivity index (χ0n) is 9.90. The lowest BCUT2D eigenvalue weighted by Gasteiger charge is -2.32. The Hall–Kier alpha value is -0.200. The van der Waals surface area contributed by atoms with Gasteiger partial charge in [-0.3, -0.25) is 10.3 Å². The van der Waals surface area contributed by atoms with Gasteiger partial charge < -0.3 is 9.84 Å². The van der Waals surface area contributed by atoms with Crippen LogP contribution in [0.5, 0.6) is 0 Å². The number of piperidine rings is 1. The molecule has 94 valence electrons. The van der Waals surface area contributed by atoms with Gasteiger partial charge in [0.25, 0.3) is 0 Å². The summed E-state index contributed by atoms with van der Waals surface area (Å²) in [7, 11) is 0. The average Bonchev–Trinajstić information content (AvgIpc) is 2.30. The van der Waals surface area contributed by atoms with Crippen molar-refractivity contribution in [3.05, 3.63) is 0 Å². The van der Waals surface area contributed by atoms with Gasteiger partial charge in [0.2, 0.25) is 0 Å². The Morgan fingerprint density at radius 3 is 2.81 bits per heavy atom. The third kappa shape index (κ3) is 3.99. The third-order valence-corrected chi connectivity index (χ3v) is 3.26. The van der Waals surface area contributed by atoms with Crippen molar-refractivity contribution in [2.24, 2.45) is 0 Å². The molecule has 0 aliphatic carbocycles. The molecule has 2 rings (SSSR count). The predicted molar refractivity (Wildman–Crippen MR) is 62.1 cm³/mol. The highest BCUT2D eigenvalue weighted by Crippen LogP contribution is 2.06. The van der Waals surface area contributed by atoms with Gasteiger partial charge in [0.15, 0.2) is 0 Å². The maximum atomic E-state index is 9.52. The Morgan fingerprint density at radius 1 is 1.25 bits per heavy atom. The molecule has 16 heavy (non-hydrogen) atoms. The molecule has 0 bridgehead atoms. The van der Waals surface area contributed by atoms with Crippen molar-refractivity contribution in [1.82, 2.24) is 15.3 Å². The van der Waals surface area contributed by atoms with Crippen LogP contribution in [-0.2, 0) is 4.74 Å². The first-order valence-corrected chi connectivity index (χ1v) is 6.31. The third-order valence-electron chi connectivity index (χ3n) is 3.26. The van der Waals surface area contributed by atoms with Crippen LogP contribution in [0.2, 0.25) is 0 Å². The monoisotopic (exact) mass is 229 g/mol. The quantitative estimate of drug-likeness (QED) is 0.666. The lowest BCUT2D eigenvalue weighted by atomic mass is 10.1. The van der Waals surface area contributed by atoms with E-state index in [0.29, 0.717) is 0 Å². The molecule has 0 saturated carbocycles. The van der Waals surface area contributed by atoms with E-state index in [-0.39, 0.29) is 6.10 Å². The first-order valence-electron chi connectivity index (χ1n) is 6.31. The highest BCUT2D eigenvalue weighted by Gasteiger charge is 2.17. The SMILES string of the molecule is OC1CCCN(NCCN2CCOCC2)C1. The molecule has 2 N–H and O–H groups in total. The average molecular weight is 229 g/mol. The van der Waals surface area contributed by atoms with Gasteiger partial charge in [-0.2, -0.15) is 0 Å². The second-order valence-corrected chi connectivity index (χ2v) is 4.60. The van der Waals surface area contributed by atoms with E-state index in [9.17, 15) is 5.11 Å². The van der Waals surface area contributed by atoms with Gasteiger partial charge >= 0.3 is 0 Å². The number of β-amino-alcohol motifs (C(OH)–C–C–N with tert-alkyl or cyclic N) is 1. The summed E-state index contributed by atoms with van der Waals surface area (Å²) in [4.78, 5) is 2.41. The molecule has 2 saturated heterocycles. The zero-order chi connectivity index (χ0) is 11.2. The van der Waals surface area contributed by atoms with Crippen LogP contribution in [0.1, 0.15) is 12.8 Å². The largest absolute Gasteiger partial charge is 0.392 e. The van der Waals surface area contributed by atoms with Crippen molar-refractivity contribution >= 4 is 0 Å². The molecule has 1 atom stereocenters. The number of morpholine rings is 1. The normalized spacial score (nSPS) is 29.4. The summed E-state index contributed by atoms with van der Waals surface area (Å²) < 4.78 is 5.30. The van der Waals surface area contributed by atoms with E-state index in [2.05, 4.69) is 15.3 Å². The van der Waals surface area contributed by atoms with E-state index in [1.807, 2.05) is 0 Å². The Labute approximate surface area is 97.3 Å². The fourth-order valence-electron chi connectivity index (χ4n) is 2.29. The number of hydrazine groups is 1. The van der Waals surface area contributed by atoms with E-state index in [1.54, 1.807) is 0 Å². The number of nitrogens with zero attached hydrogens (tertiary/aromatic N) is 2. The Kier molecular flexibility index (Phi) is 4.99. The lowest BCUT2D eigenvalue weighted by Crippen LogP contribution is -2.49. The molecular formula is C11H23N3O2. The predicted octanol–water partition coefficient (Wildman–Crippen LogP) is -0.720. The number of nitrogens with one attached hydrogen (secondary N) is 1. The minimum Gasteiger partial charge on any atom is -0.392 e. The first kappa shape index (κ1) is 12.3. The van der Waals surface area contributed by atoms with Crippen molar-refractivity contribution < 1.29 is 9.84 Å². The minimum absolute atomic E-state index is 0.148. The molecule has 2 aliphatic rings. The Balaban J connectivity index is 1.56. The second-order valence-electron chi connectivity index (χ2n) is 4.60. The number of aliphatic hydroxyl groups is 1. The lowest BCUT2D eigenvalue weighted by molar-refractivity contribution is 0.0231. The summed E-state index contributed by atoms with van der Waals surface area (Å²) in [5.41, 5.74) is 3.39. The number of hydrogen-bond acceptors (Lipinski definition) is 5. The maximum Gasteiger partial charge on any atom is 0.0681 e. The molecule has 0 aromatic heterocycles. The number of aliphatic hydroxyl groups excluding tert-OH is 1. The van der Waals surface area contributed by atoms with Crippen molar-refractivity contribution in [3.8, 4) is 0 Å². The van der Waals surface area contributed by atoms with Gasteiger partial charge in [-0.1, -0.05) is 0 Å². The topological polar surface area (TPSA) is 48.0 Å². The van der Waals surface area contributed by atoms with Crippen LogP contribution < -0.4 is 5.43 Å². The number of ether oxygens (including phenoxy) is 1. The van der Waals surface area contributed by atoms with Crippen LogP contribution in [0.25, 0.3) is 0 Å². The van der Waals surface area contributed by atoms with Crippen LogP contribution >= 0.6 is 0 Å². The molecule has 0 radical (unpaired) electrons. The van der Waals surface area contributed by atoms with Crippen molar-refractivity contribution in [2.45, 2.75) is 18.9 Å². The first-order chi connectivity index (χ1) is 7.84. The Morgan fingerprint density at radius 2 is 2.06 bits per heavy atom. The van der Waals surface area contributed by atoms with Crippen LogP contribution in [0.3, 0.4) is 0 Å². The van der Waals surface area contributed by atoms with Crippen molar-refractivity contribution in [3.63, 3.8) is 0 Å². The number of rotatable bonds is 4. The van der Waals surface area contributed by atoms with Gasteiger partial charge in [0, 0.05) is 39.3 Å². The Bertz CT molecular complexity index is 198. The summed E-state index contributed by atoms with van der Waals surface area (Å²) in [6.45, 7) is 7.67. The summed E-state index contributed by atoms with van der Waals surface area (Å²) in [6, 6.07) is 0. The van der Waals surface area contributed by atoms with Crippen LogP contribution in [0.4, 0.5) is 0 Å². The smallest absolute Gasteiger partial charge is 0.0681 e. The molecule has 5 heteroatoms. The van der Waals surface area contributed by atoms with Crippen molar-refractivity contribution in [1.29, 1.82) is 0 Å². The molecule has 2 heterocycles. The van der Waals surface area contributed by atoms with E-state index in [4.69, 9.17) is 4.74 Å². The minimum atomic E-state index is -0.148. The molecule has 0 aromatic carbocycles. The highest BCUT2D eigenvalue weighted by atomic mass is 16.5. The molecule has 5 nitrogen and oxygen atoms in total. The van der Waals surface area contributed by atoms with Crippen LogP contribution in [0, 0.1) is 0 Å². The fraction of sp³-hybridized carbons (Fsp3) is 1.00. The summed E-state index contributed by atoms with van der Waals surface area (Å²) in [5, 5.41) is 11.7. The molecule has 0 aromatic rings. The molecule has 1 unspecified atom stereocenters. The number of hydrogen-bond donors (Lipinski definition) is 2. The van der Waals surface area contributed by atoms with E-state index < -0.39 is 0 Å². The summed E-state index contributed by atoms with van der Waals surface area (Å²) >= 11 is 0. The van der Waals surface area contributed by atoms with E-state index >= 15 is 0 Å². The second kappa shape index (κ2) is 6.51. The van der Waals surface area contributed by atoms with Gasteiger partial charge in [-0.05, 0) is 12.8 Å². The van der Waals surface area contributed by atoms with E-state index in [1.165, 1.54) is 0 Å². The standard InChI is InChI=1S/C11H23N3O2/c15-11-2-1-4-14(10-11)12-3-5-13-6-8-16-9-7-13/h11-12,15H,1-10H2. The van der Waals surface area contributed by atoms with Gasteiger partial charge in [-0.15, -0.1) is 0 Å². The zero-order valence-corrected chi connectivity index (χ0v) is 9.90. The van der Waals surface area contributed by atoms with Crippen LogP contribution in [-0.4, -0.2) is 73.6 Å². The molecule has 2 aliphatic heterocycles. The van der Waals surface area contributed by atoms with Crippen LogP contribution in [0.15, 0.2) is 0 Å². The van der Waals surface area contributed by atoms with Gasteiger partial charge in [-0.25, -0.2) is 5.01 Å². The molecular weight excluding hydrogens is 206 g/mol. The highest BCUT2D eigenvalue weighted by molar-refractivity contribution is 4.70. The fourth-order valence-corrected chi connectivity index (χ4v) is 2.29. The summed E-state index contributed by atoms with van der Waals surface area (Å²) in [6.07, 6.45) is 1.89. The molecule has 0 amide bonds. The molecule has 0 spiro atoms. The van der Waals surface area contributed by atoms with Gasteiger partial charge in [0.1, 0.15) is 0 Å². The molecule has 2 fully saturated rings. The summed E-state index contributed by atoms with van der Waals surface area (Å²) in [5.74, 6) is 0. The maximum absolute atomic E-state index is 9.52. The van der Waals surface area contributed by atoms with Crippen molar-refractivity contribution in [2.75, 3.05) is 52.5 Å².